The van der Waals surface area contributed by atoms with Crippen LogP contribution in [0.15, 0.2) is 22.8 Å². The van der Waals surface area contributed by atoms with Crippen molar-refractivity contribution < 1.29 is 4.42 Å². The van der Waals surface area contributed by atoms with Crippen LogP contribution in [0.3, 0.4) is 0 Å². The van der Waals surface area contributed by atoms with E-state index in [1.807, 2.05) is 6.07 Å². The summed E-state index contributed by atoms with van der Waals surface area (Å²) in [5.41, 5.74) is 0. The Labute approximate surface area is 93.1 Å². The van der Waals surface area contributed by atoms with E-state index in [4.69, 9.17) is 4.42 Å². The van der Waals surface area contributed by atoms with Gasteiger partial charge in [0, 0.05) is 12.5 Å². The van der Waals surface area contributed by atoms with Crippen molar-refractivity contribution >= 4 is 0 Å². The smallest absolute Gasteiger partial charge is 0.105 e. The van der Waals surface area contributed by atoms with E-state index in [1.165, 1.54) is 12.8 Å². The first-order valence-corrected chi connectivity index (χ1v) is 6.02. The Morgan fingerprint density at radius 3 is 2.73 bits per heavy atom. The summed E-state index contributed by atoms with van der Waals surface area (Å²) < 4.78 is 5.39. The lowest BCUT2D eigenvalue weighted by molar-refractivity contribution is 0.373. The lowest BCUT2D eigenvalue weighted by Crippen LogP contribution is -2.32. The maximum absolute atomic E-state index is 5.39. The highest BCUT2D eigenvalue weighted by molar-refractivity contribution is 5.00. The summed E-state index contributed by atoms with van der Waals surface area (Å²) in [6.45, 7) is 7.75. The lowest BCUT2D eigenvalue weighted by Gasteiger charge is -2.20. The molecule has 1 rings (SSSR count). The Balaban J connectivity index is 2.43. The van der Waals surface area contributed by atoms with Crippen LogP contribution >= 0.6 is 0 Å². The van der Waals surface area contributed by atoms with Crippen LogP contribution in [0.2, 0.25) is 0 Å². The molecule has 0 fully saturated rings. The molecule has 2 nitrogen and oxygen atoms in total. The molecule has 1 aromatic heterocycles. The van der Waals surface area contributed by atoms with Crippen LogP contribution in [0.25, 0.3) is 0 Å². The first kappa shape index (κ1) is 12.3. The summed E-state index contributed by atoms with van der Waals surface area (Å²) >= 11 is 0. The van der Waals surface area contributed by atoms with Crippen LogP contribution < -0.4 is 5.32 Å². The zero-order chi connectivity index (χ0) is 11.1. The molecule has 0 saturated carbocycles. The van der Waals surface area contributed by atoms with Gasteiger partial charge in [0.25, 0.3) is 0 Å². The predicted octanol–water partition coefficient (Wildman–Crippen LogP) is 3.24. The molecule has 1 N–H and O–H groups in total. The van der Waals surface area contributed by atoms with E-state index in [9.17, 15) is 0 Å². The molecule has 0 bridgehead atoms. The molecule has 0 amide bonds. The summed E-state index contributed by atoms with van der Waals surface area (Å²) in [7, 11) is 0. The summed E-state index contributed by atoms with van der Waals surface area (Å²) in [6, 6.07) is 4.57. The topological polar surface area (TPSA) is 25.2 Å². The molecule has 1 aromatic rings. The maximum atomic E-state index is 5.39. The van der Waals surface area contributed by atoms with Gasteiger partial charge in [-0.15, -0.1) is 0 Å². The van der Waals surface area contributed by atoms with Crippen molar-refractivity contribution in [1.29, 1.82) is 0 Å². The fourth-order valence-corrected chi connectivity index (χ4v) is 1.85. The van der Waals surface area contributed by atoms with Gasteiger partial charge >= 0.3 is 0 Å². The Morgan fingerprint density at radius 2 is 2.20 bits per heavy atom. The second kappa shape index (κ2) is 6.67. The molecule has 86 valence electrons. The van der Waals surface area contributed by atoms with Gasteiger partial charge in [-0.1, -0.05) is 27.2 Å². The molecule has 2 heteroatoms. The minimum absolute atomic E-state index is 0.552. The van der Waals surface area contributed by atoms with E-state index in [-0.39, 0.29) is 0 Å². The zero-order valence-corrected chi connectivity index (χ0v) is 10.1. The van der Waals surface area contributed by atoms with Gasteiger partial charge in [-0.3, -0.25) is 0 Å². The SMILES string of the molecule is CCNC(Cc1ccco1)CC(C)CC. The monoisotopic (exact) mass is 209 g/mol. The highest BCUT2D eigenvalue weighted by Gasteiger charge is 2.13. The highest BCUT2D eigenvalue weighted by Crippen LogP contribution is 2.14. The molecule has 0 radical (unpaired) electrons. The third-order valence-corrected chi connectivity index (χ3v) is 2.90. The molecule has 0 aromatic carbocycles. The molecule has 2 unspecified atom stereocenters. The molecule has 0 aliphatic rings. The minimum atomic E-state index is 0.552. The van der Waals surface area contributed by atoms with Crippen molar-refractivity contribution in [2.24, 2.45) is 5.92 Å². The fourth-order valence-electron chi connectivity index (χ4n) is 1.85. The van der Waals surface area contributed by atoms with Crippen molar-refractivity contribution in [2.75, 3.05) is 6.54 Å². The maximum Gasteiger partial charge on any atom is 0.105 e. The normalized spacial score (nSPS) is 15.1. The number of rotatable bonds is 7. The van der Waals surface area contributed by atoms with Crippen LogP contribution in [0, 0.1) is 5.92 Å². The van der Waals surface area contributed by atoms with E-state index in [1.54, 1.807) is 6.26 Å². The number of likely N-dealkylation sites (N-methyl/N-ethyl adjacent to an activating group) is 1. The van der Waals surface area contributed by atoms with Gasteiger partial charge in [0.15, 0.2) is 0 Å². The summed E-state index contributed by atoms with van der Waals surface area (Å²) in [6.07, 6.45) is 5.23. The van der Waals surface area contributed by atoms with Crippen LogP contribution in [0.5, 0.6) is 0 Å². The third kappa shape index (κ3) is 4.52. The van der Waals surface area contributed by atoms with E-state index < -0.39 is 0 Å². The molecule has 2 atom stereocenters. The van der Waals surface area contributed by atoms with Gasteiger partial charge in [-0.05, 0) is 31.0 Å². The molecule has 0 aliphatic carbocycles. The molecule has 0 aliphatic heterocycles. The molecule has 1 heterocycles. The Bertz CT molecular complexity index is 243. The van der Waals surface area contributed by atoms with Crippen molar-refractivity contribution in [3.8, 4) is 0 Å². The lowest BCUT2D eigenvalue weighted by atomic mass is 9.96. The zero-order valence-electron chi connectivity index (χ0n) is 10.1. The first-order valence-electron chi connectivity index (χ1n) is 6.02. The van der Waals surface area contributed by atoms with Gasteiger partial charge in [0.1, 0.15) is 5.76 Å². The second-order valence-corrected chi connectivity index (χ2v) is 4.29. The van der Waals surface area contributed by atoms with Gasteiger partial charge in [-0.2, -0.15) is 0 Å². The van der Waals surface area contributed by atoms with E-state index in [0.717, 1.165) is 24.6 Å². The van der Waals surface area contributed by atoms with Gasteiger partial charge in [-0.25, -0.2) is 0 Å². The van der Waals surface area contributed by atoms with Crippen molar-refractivity contribution in [2.45, 2.75) is 46.1 Å². The average Bonchev–Trinajstić information content (AvgIpc) is 2.70. The van der Waals surface area contributed by atoms with Crippen molar-refractivity contribution in [1.82, 2.24) is 5.32 Å². The number of hydrogen-bond donors (Lipinski definition) is 1. The second-order valence-electron chi connectivity index (χ2n) is 4.29. The average molecular weight is 209 g/mol. The summed E-state index contributed by atoms with van der Waals surface area (Å²) in [5.74, 6) is 1.87. The Hall–Kier alpha value is -0.760. The molecular weight excluding hydrogens is 186 g/mol. The standard InChI is InChI=1S/C13H23NO/c1-4-11(3)9-12(14-5-2)10-13-7-6-8-15-13/h6-8,11-12,14H,4-5,9-10H2,1-3H3. The summed E-state index contributed by atoms with van der Waals surface area (Å²) in [4.78, 5) is 0. The Kier molecular flexibility index (Phi) is 5.48. The van der Waals surface area contributed by atoms with E-state index >= 15 is 0 Å². The van der Waals surface area contributed by atoms with Crippen LogP contribution in [0.1, 0.15) is 39.4 Å². The quantitative estimate of drug-likeness (QED) is 0.745. The molecule has 0 saturated heterocycles. The van der Waals surface area contributed by atoms with Crippen LogP contribution in [-0.4, -0.2) is 12.6 Å². The first-order chi connectivity index (χ1) is 7.26. The Morgan fingerprint density at radius 1 is 1.40 bits per heavy atom. The summed E-state index contributed by atoms with van der Waals surface area (Å²) in [5, 5.41) is 3.53. The number of nitrogens with one attached hydrogen (secondary N) is 1. The van der Waals surface area contributed by atoms with Gasteiger partial charge in [0.2, 0.25) is 0 Å². The predicted molar refractivity (Wildman–Crippen MR) is 63.9 cm³/mol. The van der Waals surface area contributed by atoms with Gasteiger partial charge in [0.05, 0.1) is 6.26 Å². The fraction of sp³-hybridized carbons (Fsp3) is 0.692. The number of hydrogen-bond acceptors (Lipinski definition) is 2. The van der Waals surface area contributed by atoms with E-state index in [2.05, 4.69) is 32.2 Å². The third-order valence-electron chi connectivity index (χ3n) is 2.90. The van der Waals surface area contributed by atoms with Crippen LogP contribution in [-0.2, 0) is 6.42 Å². The minimum Gasteiger partial charge on any atom is -0.469 e. The van der Waals surface area contributed by atoms with E-state index in [0.29, 0.717) is 6.04 Å². The van der Waals surface area contributed by atoms with Gasteiger partial charge < -0.3 is 9.73 Å². The van der Waals surface area contributed by atoms with Crippen LogP contribution in [0.4, 0.5) is 0 Å². The molecule has 0 spiro atoms. The molecule has 15 heavy (non-hydrogen) atoms. The van der Waals surface area contributed by atoms with Crippen molar-refractivity contribution in [3.05, 3.63) is 24.2 Å². The van der Waals surface area contributed by atoms with Crippen molar-refractivity contribution in [3.63, 3.8) is 0 Å². The highest BCUT2D eigenvalue weighted by atomic mass is 16.3. The molecular formula is C13H23NO. The number of furan rings is 1. The largest absolute Gasteiger partial charge is 0.469 e.